The Morgan fingerprint density at radius 2 is 1.93 bits per heavy atom. The summed E-state index contributed by atoms with van der Waals surface area (Å²) >= 11 is 0. The van der Waals surface area contributed by atoms with Crippen LogP contribution in [0.25, 0.3) is 17.2 Å². The molecule has 0 aliphatic rings. The number of oxazole rings is 1. The van der Waals surface area contributed by atoms with Crippen molar-refractivity contribution >= 4 is 32.9 Å². The molecule has 27 heavy (non-hydrogen) atoms. The van der Waals surface area contributed by atoms with E-state index in [4.69, 9.17) is 14.9 Å². The summed E-state index contributed by atoms with van der Waals surface area (Å²) in [5.41, 5.74) is 6.87. The normalized spacial score (nSPS) is 12.3. The molecule has 0 atom stereocenters. The summed E-state index contributed by atoms with van der Waals surface area (Å²) < 4.78 is 35.3. The first-order valence-electron chi connectivity index (χ1n) is 7.78. The van der Waals surface area contributed by atoms with E-state index in [0.29, 0.717) is 28.0 Å². The van der Waals surface area contributed by atoms with Gasteiger partial charge in [0.1, 0.15) is 10.7 Å². The van der Waals surface area contributed by atoms with Gasteiger partial charge >= 0.3 is 5.76 Å². The summed E-state index contributed by atoms with van der Waals surface area (Å²) in [4.78, 5) is 24.9. The van der Waals surface area contributed by atoms with Gasteiger partial charge in [-0.2, -0.15) is 0 Å². The standard InChI is InChI=1S/C18H16N2O6S/c1-25-13-5-2-11(3-6-13)10-27(23,24)16(17(19)21)9-12-4-7-15-14(8-12)20-18(22)26-15/h2-9H,10H2,1H3,(H2,19,21)(H,20,22). The molecule has 0 unspecified atom stereocenters. The van der Waals surface area contributed by atoms with Gasteiger partial charge in [-0.25, -0.2) is 13.2 Å². The third-order valence-electron chi connectivity index (χ3n) is 3.83. The molecule has 2 aromatic carbocycles. The Kier molecular flexibility index (Phi) is 4.87. The average molecular weight is 388 g/mol. The van der Waals surface area contributed by atoms with Crippen LogP contribution in [0.2, 0.25) is 0 Å². The number of aromatic nitrogens is 1. The summed E-state index contributed by atoms with van der Waals surface area (Å²) in [6.07, 6.45) is 1.17. The number of primary amides is 1. The van der Waals surface area contributed by atoms with Crippen molar-refractivity contribution in [2.45, 2.75) is 5.75 Å². The Labute approximate surface area is 154 Å². The number of hydrogen-bond acceptors (Lipinski definition) is 6. The number of carbonyl (C=O) groups is 1. The first kappa shape index (κ1) is 18.5. The zero-order valence-corrected chi connectivity index (χ0v) is 15.1. The highest BCUT2D eigenvalue weighted by molar-refractivity contribution is 7.95. The molecule has 0 fully saturated rings. The first-order valence-corrected chi connectivity index (χ1v) is 9.44. The van der Waals surface area contributed by atoms with Crippen molar-refractivity contribution in [3.05, 3.63) is 69.0 Å². The lowest BCUT2D eigenvalue weighted by molar-refractivity contribution is -0.113. The van der Waals surface area contributed by atoms with E-state index in [-0.39, 0.29) is 0 Å². The van der Waals surface area contributed by atoms with Gasteiger partial charge in [0.15, 0.2) is 15.4 Å². The van der Waals surface area contributed by atoms with E-state index in [9.17, 15) is 18.0 Å². The molecule has 0 aliphatic carbocycles. The number of nitrogens with two attached hydrogens (primary N) is 1. The van der Waals surface area contributed by atoms with Crippen molar-refractivity contribution in [2.75, 3.05) is 7.11 Å². The molecule has 1 heterocycles. The minimum Gasteiger partial charge on any atom is -0.497 e. The Bertz CT molecular complexity index is 1190. The molecule has 1 aromatic heterocycles. The number of nitrogens with one attached hydrogen (secondary N) is 1. The summed E-state index contributed by atoms with van der Waals surface area (Å²) in [5.74, 6) is -1.50. The number of sulfone groups is 1. The number of aromatic amines is 1. The third kappa shape index (κ3) is 4.09. The molecule has 140 valence electrons. The topological polar surface area (TPSA) is 132 Å². The van der Waals surface area contributed by atoms with E-state index >= 15 is 0 Å². The Balaban J connectivity index is 1.97. The van der Waals surface area contributed by atoms with Gasteiger partial charge in [-0.15, -0.1) is 0 Å². The number of amides is 1. The van der Waals surface area contributed by atoms with Crippen molar-refractivity contribution in [3.8, 4) is 5.75 Å². The summed E-state index contributed by atoms with van der Waals surface area (Å²) in [6.45, 7) is 0. The van der Waals surface area contributed by atoms with Crippen LogP contribution in [0.5, 0.6) is 5.75 Å². The molecule has 1 amide bonds. The number of methoxy groups -OCH3 is 1. The van der Waals surface area contributed by atoms with Crippen LogP contribution in [0.3, 0.4) is 0 Å². The fourth-order valence-corrected chi connectivity index (χ4v) is 3.95. The second kappa shape index (κ2) is 7.12. The van der Waals surface area contributed by atoms with Crippen molar-refractivity contribution in [2.24, 2.45) is 5.73 Å². The second-order valence-electron chi connectivity index (χ2n) is 5.75. The Morgan fingerprint density at radius 1 is 1.22 bits per heavy atom. The molecular formula is C18H16N2O6S. The van der Waals surface area contributed by atoms with E-state index < -0.39 is 32.2 Å². The predicted octanol–water partition coefficient (Wildman–Crippen LogP) is 1.57. The Hall–Kier alpha value is -3.33. The molecule has 0 bridgehead atoms. The number of H-pyrrole nitrogens is 1. The van der Waals surface area contributed by atoms with E-state index in [2.05, 4.69) is 4.98 Å². The van der Waals surface area contributed by atoms with E-state index in [1.54, 1.807) is 24.3 Å². The summed E-state index contributed by atoms with van der Waals surface area (Å²) in [5, 5.41) is 0. The Morgan fingerprint density at radius 3 is 2.56 bits per heavy atom. The first-order chi connectivity index (χ1) is 12.8. The van der Waals surface area contributed by atoms with Gasteiger partial charge in [0, 0.05) is 0 Å². The summed E-state index contributed by atoms with van der Waals surface area (Å²) in [7, 11) is -2.49. The van der Waals surface area contributed by atoms with Crippen molar-refractivity contribution in [1.82, 2.24) is 4.98 Å². The molecule has 0 saturated carbocycles. The highest BCUT2D eigenvalue weighted by Crippen LogP contribution is 2.21. The van der Waals surface area contributed by atoms with Gasteiger partial charge < -0.3 is 14.9 Å². The molecule has 8 nitrogen and oxygen atoms in total. The van der Waals surface area contributed by atoms with Crippen LogP contribution in [0.1, 0.15) is 11.1 Å². The van der Waals surface area contributed by atoms with Crippen LogP contribution in [0.15, 0.2) is 56.6 Å². The number of hydrogen-bond donors (Lipinski definition) is 2. The van der Waals surface area contributed by atoms with Crippen molar-refractivity contribution in [1.29, 1.82) is 0 Å². The summed E-state index contributed by atoms with van der Waals surface area (Å²) in [6, 6.07) is 10.9. The lowest BCUT2D eigenvalue weighted by Crippen LogP contribution is -2.22. The van der Waals surface area contributed by atoms with E-state index in [1.165, 1.54) is 31.4 Å². The maximum Gasteiger partial charge on any atom is 0.417 e. The van der Waals surface area contributed by atoms with Gasteiger partial charge in [0.25, 0.3) is 5.91 Å². The van der Waals surface area contributed by atoms with Gasteiger partial charge in [-0.3, -0.25) is 9.78 Å². The maximum atomic E-state index is 12.7. The zero-order valence-electron chi connectivity index (χ0n) is 14.3. The number of fused-ring (bicyclic) bond motifs is 1. The monoisotopic (exact) mass is 388 g/mol. The van der Waals surface area contributed by atoms with Crippen LogP contribution in [-0.4, -0.2) is 26.4 Å². The molecule has 0 saturated heterocycles. The molecule has 9 heteroatoms. The molecule has 0 radical (unpaired) electrons. The van der Waals surface area contributed by atoms with Gasteiger partial charge in [0.2, 0.25) is 0 Å². The van der Waals surface area contributed by atoms with Crippen LogP contribution in [0.4, 0.5) is 0 Å². The van der Waals surface area contributed by atoms with E-state index in [1.807, 2.05) is 0 Å². The van der Waals surface area contributed by atoms with Crippen molar-refractivity contribution in [3.63, 3.8) is 0 Å². The van der Waals surface area contributed by atoms with E-state index in [0.717, 1.165) is 0 Å². The quantitative estimate of drug-likeness (QED) is 0.616. The number of rotatable bonds is 6. The average Bonchev–Trinajstić information content (AvgIpc) is 2.98. The lowest BCUT2D eigenvalue weighted by Gasteiger charge is -2.07. The largest absolute Gasteiger partial charge is 0.497 e. The number of carbonyl (C=O) groups excluding carboxylic acids is 1. The molecule has 0 spiro atoms. The highest BCUT2D eigenvalue weighted by atomic mass is 32.2. The maximum absolute atomic E-state index is 12.7. The predicted molar refractivity (Wildman–Crippen MR) is 99.6 cm³/mol. The molecule has 3 rings (SSSR count). The van der Waals surface area contributed by atoms with Crippen LogP contribution in [-0.2, 0) is 20.4 Å². The fourth-order valence-electron chi connectivity index (χ4n) is 2.54. The van der Waals surface area contributed by atoms with Gasteiger partial charge in [-0.1, -0.05) is 18.2 Å². The molecule has 3 aromatic rings. The molecular weight excluding hydrogens is 372 g/mol. The zero-order chi connectivity index (χ0) is 19.6. The van der Waals surface area contributed by atoms with Crippen LogP contribution in [0, 0.1) is 0 Å². The minimum absolute atomic E-state index is 0.318. The molecule has 3 N–H and O–H groups in total. The third-order valence-corrected chi connectivity index (χ3v) is 5.54. The van der Waals surface area contributed by atoms with Gasteiger partial charge in [-0.05, 0) is 41.5 Å². The van der Waals surface area contributed by atoms with Gasteiger partial charge in [0.05, 0.1) is 18.4 Å². The molecule has 0 aliphatic heterocycles. The number of ether oxygens (including phenoxy) is 1. The highest BCUT2D eigenvalue weighted by Gasteiger charge is 2.23. The van der Waals surface area contributed by atoms with Crippen LogP contribution >= 0.6 is 0 Å². The minimum atomic E-state index is -3.99. The lowest BCUT2D eigenvalue weighted by atomic mass is 10.2. The number of benzene rings is 2. The van der Waals surface area contributed by atoms with Crippen LogP contribution < -0.4 is 16.2 Å². The SMILES string of the molecule is COc1ccc(CS(=O)(=O)C(=Cc2ccc3oc(=O)[nH]c3c2)C(N)=O)cc1. The second-order valence-corrected chi connectivity index (χ2v) is 7.71. The van der Waals surface area contributed by atoms with Crippen molar-refractivity contribution < 1.29 is 22.4 Å². The fraction of sp³-hybridized carbons (Fsp3) is 0.111. The smallest absolute Gasteiger partial charge is 0.417 e.